The number of piperidine rings is 1. The van der Waals surface area contributed by atoms with E-state index in [2.05, 4.69) is 44.0 Å². The van der Waals surface area contributed by atoms with Gasteiger partial charge in [-0.25, -0.2) is 4.98 Å². The lowest BCUT2D eigenvalue weighted by Gasteiger charge is -2.32. The fraction of sp³-hybridized carbons (Fsp3) is 0.562. The summed E-state index contributed by atoms with van der Waals surface area (Å²) in [5.41, 5.74) is 1.05. The van der Waals surface area contributed by atoms with Gasteiger partial charge in [-0.2, -0.15) is 0 Å². The molecule has 106 valence electrons. The van der Waals surface area contributed by atoms with E-state index in [1.165, 1.54) is 44.5 Å². The van der Waals surface area contributed by atoms with Gasteiger partial charge < -0.3 is 10.2 Å². The molecule has 1 N–H and O–H groups in total. The zero-order chi connectivity index (χ0) is 13.4. The van der Waals surface area contributed by atoms with Crippen molar-refractivity contribution in [1.29, 1.82) is 0 Å². The third-order valence-electron chi connectivity index (χ3n) is 4.52. The molecule has 4 rings (SSSR count). The zero-order valence-electron chi connectivity index (χ0n) is 11.8. The Hall–Kier alpha value is -1.55. The molecular formula is C16H22N4. The van der Waals surface area contributed by atoms with Gasteiger partial charge in [0.05, 0.1) is 0 Å². The molecule has 1 saturated heterocycles. The van der Waals surface area contributed by atoms with E-state index in [-0.39, 0.29) is 0 Å². The SMILES string of the molecule is c1cc(N(CC2CCCCN2)C2CC2)n2ccnc2c1. The molecule has 1 unspecified atom stereocenters. The predicted octanol–water partition coefficient (Wildman–Crippen LogP) is 2.45. The summed E-state index contributed by atoms with van der Waals surface area (Å²) < 4.78 is 2.22. The first-order valence-corrected chi connectivity index (χ1v) is 7.84. The Balaban J connectivity index is 1.63. The molecule has 0 bridgehead atoms. The van der Waals surface area contributed by atoms with Crippen LogP contribution in [0, 0.1) is 0 Å². The summed E-state index contributed by atoms with van der Waals surface area (Å²) in [7, 11) is 0. The highest BCUT2D eigenvalue weighted by molar-refractivity contribution is 5.53. The second-order valence-corrected chi connectivity index (χ2v) is 6.07. The summed E-state index contributed by atoms with van der Waals surface area (Å²) in [6.07, 6.45) is 10.6. The van der Waals surface area contributed by atoms with Crippen LogP contribution in [-0.2, 0) is 0 Å². The zero-order valence-corrected chi connectivity index (χ0v) is 11.8. The molecule has 2 aromatic rings. The first-order chi connectivity index (χ1) is 9.92. The van der Waals surface area contributed by atoms with Gasteiger partial charge in [0.1, 0.15) is 11.5 Å². The van der Waals surface area contributed by atoms with E-state index < -0.39 is 0 Å². The van der Waals surface area contributed by atoms with E-state index >= 15 is 0 Å². The lowest BCUT2D eigenvalue weighted by Crippen LogP contribution is -2.45. The smallest absolute Gasteiger partial charge is 0.138 e. The predicted molar refractivity (Wildman–Crippen MR) is 81.2 cm³/mol. The van der Waals surface area contributed by atoms with Crippen LogP contribution in [0.3, 0.4) is 0 Å². The molecule has 1 aliphatic heterocycles. The minimum Gasteiger partial charge on any atom is -0.353 e. The average Bonchev–Trinajstić information content (AvgIpc) is 3.22. The maximum absolute atomic E-state index is 4.41. The van der Waals surface area contributed by atoms with Crippen molar-refractivity contribution in [2.75, 3.05) is 18.0 Å². The lowest BCUT2D eigenvalue weighted by molar-refractivity contribution is 0.397. The molecule has 4 nitrogen and oxygen atoms in total. The second kappa shape index (κ2) is 5.09. The first kappa shape index (κ1) is 12.2. The van der Waals surface area contributed by atoms with Crippen molar-refractivity contribution >= 4 is 11.5 Å². The van der Waals surface area contributed by atoms with Crippen molar-refractivity contribution in [1.82, 2.24) is 14.7 Å². The Labute approximate surface area is 119 Å². The summed E-state index contributed by atoms with van der Waals surface area (Å²) in [6, 6.07) is 7.81. The summed E-state index contributed by atoms with van der Waals surface area (Å²) in [6.45, 7) is 2.31. The molecular weight excluding hydrogens is 248 g/mol. The Morgan fingerprint density at radius 1 is 1.25 bits per heavy atom. The van der Waals surface area contributed by atoms with Crippen molar-refractivity contribution in [3.8, 4) is 0 Å². The summed E-state index contributed by atoms with van der Waals surface area (Å²) in [4.78, 5) is 7.00. The third-order valence-corrected chi connectivity index (χ3v) is 4.52. The number of imidazole rings is 1. The van der Waals surface area contributed by atoms with Crippen LogP contribution in [0.2, 0.25) is 0 Å². The maximum atomic E-state index is 4.41. The Bertz CT molecular complexity index is 581. The minimum absolute atomic E-state index is 0.642. The van der Waals surface area contributed by atoms with Crippen LogP contribution >= 0.6 is 0 Å². The second-order valence-electron chi connectivity index (χ2n) is 6.07. The van der Waals surface area contributed by atoms with E-state index in [0.29, 0.717) is 6.04 Å². The van der Waals surface area contributed by atoms with Gasteiger partial charge in [0, 0.05) is 31.0 Å². The molecule has 0 aromatic carbocycles. The van der Waals surface area contributed by atoms with Crippen molar-refractivity contribution in [3.63, 3.8) is 0 Å². The monoisotopic (exact) mass is 270 g/mol. The van der Waals surface area contributed by atoms with E-state index in [1.807, 2.05) is 6.20 Å². The quantitative estimate of drug-likeness (QED) is 0.926. The molecule has 4 heteroatoms. The highest BCUT2D eigenvalue weighted by Crippen LogP contribution is 2.32. The fourth-order valence-corrected chi connectivity index (χ4v) is 3.30. The van der Waals surface area contributed by atoms with Crippen LogP contribution < -0.4 is 10.2 Å². The normalized spacial score (nSPS) is 23.1. The maximum Gasteiger partial charge on any atom is 0.138 e. The number of aromatic nitrogens is 2. The molecule has 2 aliphatic rings. The van der Waals surface area contributed by atoms with E-state index in [1.54, 1.807) is 0 Å². The number of hydrogen-bond donors (Lipinski definition) is 1. The van der Waals surface area contributed by atoms with Gasteiger partial charge in [-0.3, -0.25) is 4.40 Å². The summed E-state index contributed by atoms with van der Waals surface area (Å²) in [5, 5.41) is 3.68. The molecule has 1 aliphatic carbocycles. The van der Waals surface area contributed by atoms with Crippen LogP contribution in [0.25, 0.3) is 5.65 Å². The molecule has 2 fully saturated rings. The Morgan fingerprint density at radius 3 is 3.00 bits per heavy atom. The highest BCUT2D eigenvalue weighted by atomic mass is 15.3. The molecule has 0 radical (unpaired) electrons. The van der Waals surface area contributed by atoms with Gasteiger partial charge in [0.2, 0.25) is 0 Å². The molecule has 1 atom stereocenters. The number of anilines is 1. The van der Waals surface area contributed by atoms with E-state index in [4.69, 9.17) is 0 Å². The lowest BCUT2D eigenvalue weighted by atomic mass is 10.0. The summed E-state index contributed by atoms with van der Waals surface area (Å²) in [5.74, 6) is 1.30. The van der Waals surface area contributed by atoms with Gasteiger partial charge >= 0.3 is 0 Å². The van der Waals surface area contributed by atoms with Crippen molar-refractivity contribution in [3.05, 3.63) is 30.6 Å². The molecule has 2 aromatic heterocycles. The van der Waals surface area contributed by atoms with Gasteiger partial charge in [0.25, 0.3) is 0 Å². The number of nitrogens with zero attached hydrogens (tertiary/aromatic N) is 3. The average molecular weight is 270 g/mol. The molecule has 0 spiro atoms. The number of nitrogens with one attached hydrogen (secondary N) is 1. The van der Waals surface area contributed by atoms with Crippen LogP contribution in [0.4, 0.5) is 5.82 Å². The van der Waals surface area contributed by atoms with Crippen molar-refractivity contribution < 1.29 is 0 Å². The summed E-state index contributed by atoms with van der Waals surface area (Å²) >= 11 is 0. The molecule has 20 heavy (non-hydrogen) atoms. The van der Waals surface area contributed by atoms with Gasteiger partial charge in [-0.05, 0) is 44.4 Å². The van der Waals surface area contributed by atoms with Crippen molar-refractivity contribution in [2.24, 2.45) is 0 Å². The number of pyridine rings is 1. The van der Waals surface area contributed by atoms with Crippen LogP contribution in [0.1, 0.15) is 32.1 Å². The van der Waals surface area contributed by atoms with E-state index in [9.17, 15) is 0 Å². The van der Waals surface area contributed by atoms with E-state index in [0.717, 1.165) is 18.2 Å². The molecule has 1 saturated carbocycles. The van der Waals surface area contributed by atoms with Crippen LogP contribution in [-0.4, -0.2) is 34.6 Å². The molecule has 3 heterocycles. The van der Waals surface area contributed by atoms with Crippen molar-refractivity contribution in [2.45, 2.75) is 44.2 Å². The standard InChI is InChI=1S/C16H22N4/c1-2-9-17-13(4-1)12-20(14-7-8-14)16-6-3-5-15-18-10-11-19(15)16/h3,5-6,10-11,13-14,17H,1-2,4,7-9,12H2. The highest BCUT2D eigenvalue weighted by Gasteiger charge is 2.32. The number of rotatable bonds is 4. The first-order valence-electron chi connectivity index (χ1n) is 7.84. The third kappa shape index (κ3) is 2.29. The number of hydrogen-bond acceptors (Lipinski definition) is 3. The fourth-order valence-electron chi connectivity index (χ4n) is 3.30. The minimum atomic E-state index is 0.642. The topological polar surface area (TPSA) is 32.6 Å². The van der Waals surface area contributed by atoms with Crippen LogP contribution in [0.5, 0.6) is 0 Å². The number of fused-ring (bicyclic) bond motifs is 1. The Kier molecular flexibility index (Phi) is 3.11. The largest absolute Gasteiger partial charge is 0.353 e. The van der Waals surface area contributed by atoms with Crippen LogP contribution in [0.15, 0.2) is 30.6 Å². The van der Waals surface area contributed by atoms with Gasteiger partial charge in [0.15, 0.2) is 0 Å². The Morgan fingerprint density at radius 2 is 2.20 bits per heavy atom. The van der Waals surface area contributed by atoms with Gasteiger partial charge in [-0.15, -0.1) is 0 Å². The molecule has 0 amide bonds. The van der Waals surface area contributed by atoms with Gasteiger partial charge in [-0.1, -0.05) is 12.5 Å².